The van der Waals surface area contributed by atoms with E-state index in [0.29, 0.717) is 0 Å². The van der Waals surface area contributed by atoms with Gasteiger partial charge < -0.3 is 10.5 Å². The Kier molecular flexibility index (Phi) is 4.85. The summed E-state index contributed by atoms with van der Waals surface area (Å²) in [6.07, 6.45) is 0. The Labute approximate surface area is 98.2 Å². The number of primary amides is 1. The van der Waals surface area contributed by atoms with Crippen LogP contribution in [0.1, 0.15) is 6.92 Å². The second-order valence-electron chi connectivity index (χ2n) is 3.15. The average Bonchev–Trinajstić information content (AvgIpc) is 2.27. The molecule has 5 heteroatoms. The van der Waals surface area contributed by atoms with Crippen LogP contribution >= 0.6 is 11.8 Å². The van der Waals surface area contributed by atoms with E-state index in [4.69, 9.17) is 10.5 Å². The predicted molar refractivity (Wildman–Crippen MR) is 61.9 cm³/mol. The van der Waals surface area contributed by atoms with Gasteiger partial charge in [0.05, 0.1) is 0 Å². The second kappa shape index (κ2) is 6.17. The van der Waals surface area contributed by atoms with Crippen molar-refractivity contribution in [3.05, 3.63) is 30.3 Å². The van der Waals surface area contributed by atoms with E-state index in [2.05, 4.69) is 0 Å². The van der Waals surface area contributed by atoms with E-state index in [0.717, 1.165) is 4.90 Å². The van der Waals surface area contributed by atoms with E-state index in [1.807, 2.05) is 30.3 Å². The molecule has 0 aromatic heterocycles. The van der Waals surface area contributed by atoms with Gasteiger partial charge in [0, 0.05) is 4.90 Å². The number of esters is 1. The molecule has 0 heterocycles. The minimum absolute atomic E-state index is 0.359. The first-order valence-corrected chi connectivity index (χ1v) is 5.64. The number of amides is 1. The zero-order valence-electron chi connectivity index (χ0n) is 8.88. The molecule has 0 unspecified atom stereocenters. The van der Waals surface area contributed by atoms with Gasteiger partial charge in [-0.05, 0) is 19.1 Å². The van der Waals surface area contributed by atoms with E-state index < -0.39 is 11.9 Å². The molecule has 4 nitrogen and oxygen atoms in total. The zero-order chi connectivity index (χ0) is 12.0. The lowest BCUT2D eigenvalue weighted by Gasteiger charge is -2.09. The van der Waals surface area contributed by atoms with Gasteiger partial charge in [0.25, 0.3) is 5.91 Å². The summed E-state index contributed by atoms with van der Waals surface area (Å²) in [6, 6.07) is 9.50. The Morgan fingerprint density at radius 3 is 2.56 bits per heavy atom. The first-order chi connectivity index (χ1) is 7.59. The lowest BCUT2D eigenvalue weighted by molar-refractivity contribution is -0.146. The van der Waals surface area contributed by atoms with Crippen LogP contribution in [0, 0.1) is 0 Å². The number of ether oxygens (including phenoxy) is 1. The van der Waals surface area contributed by atoms with Crippen LogP contribution < -0.4 is 5.73 Å². The molecule has 0 bridgehead atoms. The van der Waals surface area contributed by atoms with Gasteiger partial charge in [-0.15, -0.1) is 11.8 Å². The van der Waals surface area contributed by atoms with Crippen LogP contribution in [-0.2, 0) is 14.3 Å². The average molecular weight is 239 g/mol. The van der Waals surface area contributed by atoms with Crippen molar-refractivity contribution >= 4 is 23.6 Å². The Bertz CT molecular complexity index is 367. The minimum atomic E-state index is -0.648. The summed E-state index contributed by atoms with van der Waals surface area (Å²) in [5, 5.41) is -0.359. The van der Waals surface area contributed by atoms with Crippen LogP contribution in [0.2, 0.25) is 0 Å². The standard InChI is InChI=1S/C11H13NO3S/c1-8(11(14)15-7-10(12)13)16-9-5-3-2-4-6-9/h2-6,8H,7H2,1H3,(H2,12,13)/t8-/m1/s1. The first-order valence-electron chi connectivity index (χ1n) is 4.76. The smallest absolute Gasteiger partial charge is 0.319 e. The molecule has 1 amide bonds. The third-order valence-electron chi connectivity index (χ3n) is 1.74. The molecule has 2 N–H and O–H groups in total. The fraction of sp³-hybridized carbons (Fsp3) is 0.273. The summed E-state index contributed by atoms with van der Waals surface area (Å²) >= 11 is 1.38. The summed E-state index contributed by atoms with van der Waals surface area (Å²) in [5.41, 5.74) is 4.87. The van der Waals surface area contributed by atoms with E-state index in [9.17, 15) is 9.59 Å². The van der Waals surface area contributed by atoms with Crippen molar-refractivity contribution in [3.63, 3.8) is 0 Å². The molecule has 0 spiro atoms. The largest absolute Gasteiger partial charge is 0.455 e. The number of thioether (sulfide) groups is 1. The van der Waals surface area contributed by atoms with E-state index >= 15 is 0 Å². The summed E-state index contributed by atoms with van der Waals surface area (Å²) < 4.78 is 4.70. The number of rotatable bonds is 5. The third-order valence-corrected chi connectivity index (χ3v) is 2.84. The van der Waals surface area contributed by atoms with E-state index in [1.165, 1.54) is 11.8 Å². The molecule has 0 aliphatic carbocycles. The van der Waals surface area contributed by atoms with Crippen LogP contribution in [0.5, 0.6) is 0 Å². The van der Waals surface area contributed by atoms with Crippen molar-refractivity contribution in [2.45, 2.75) is 17.1 Å². The van der Waals surface area contributed by atoms with Crippen LogP contribution in [0.15, 0.2) is 35.2 Å². The highest BCUT2D eigenvalue weighted by Gasteiger charge is 2.16. The number of hydrogen-bond donors (Lipinski definition) is 1. The van der Waals surface area contributed by atoms with Crippen LogP contribution in [0.25, 0.3) is 0 Å². The van der Waals surface area contributed by atoms with Crippen molar-refractivity contribution in [1.82, 2.24) is 0 Å². The van der Waals surface area contributed by atoms with Crippen LogP contribution in [0.3, 0.4) is 0 Å². The molecule has 86 valence electrons. The lowest BCUT2D eigenvalue weighted by Crippen LogP contribution is -2.24. The van der Waals surface area contributed by atoms with Gasteiger partial charge >= 0.3 is 5.97 Å². The molecular weight excluding hydrogens is 226 g/mol. The SMILES string of the molecule is C[C@@H](Sc1ccccc1)C(=O)OCC(N)=O. The highest BCUT2D eigenvalue weighted by Crippen LogP contribution is 2.23. The number of carbonyl (C=O) groups is 2. The Hall–Kier alpha value is -1.49. The van der Waals surface area contributed by atoms with Crippen molar-refractivity contribution in [3.8, 4) is 0 Å². The van der Waals surface area contributed by atoms with Gasteiger partial charge in [-0.25, -0.2) is 0 Å². The minimum Gasteiger partial charge on any atom is -0.455 e. The fourth-order valence-electron chi connectivity index (χ4n) is 1.01. The van der Waals surface area contributed by atoms with Gasteiger partial charge in [-0.3, -0.25) is 9.59 Å². The first kappa shape index (κ1) is 12.6. The van der Waals surface area contributed by atoms with Gasteiger partial charge in [0.1, 0.15) is 5.25 Å². The quantitative estimate of drug-likeness (QED) is 0.619. The summed E-state index contributed by atoms with van der Waals surface area (Å²) in [4.78, 5) is 22.8. The zero-order valence-corrected chi connectivity index (χ0v) is 9.70. The van der Waals surface area contributed by atoms with E-state index in [-0.39, 0.29) is 11.9 Å². The number of carbonyl (C=O) groups excluding carboxylic acids is 2. The van der Waals surface area contributed by atoms with Crippen molar-refractivity contribution in [1.29, 1.82) is 0 Å². The normalized spacial score (nSPS) is 11.8. The van der Waals surface area contributed by atoms with Crippen LogP contribution in [0.4, 0.5) is 0 Å². The van der Waals surface area contributed by atoms with Gasteiger partial charge in [-0.1, -0.05) is 18.2 Å². The fourth-order valence-corrected chi connectivity index (χ4v) is 1.90. The van der Waals surface area contributed by atoms with Gasteiger partial charge in [0.2, 0.25) is 0 Å². The molecule has 0 aliphatic heterocycles. The topological polar surface area (TPSA) is 69.4 Å². The molecular formula is C11H13NO3S. The molecule has 1 atom stereocenters. The Morgan fingerprint density at radius 1 is 1.38 bits per heavy atom. The third kappa shape index (κ3) is 4.35. The number of benzene rings is 1. The summed E-state index contributed by atoms with van der Waals surface area (Å²) in [7, 11) is 0. The van der Waals surface area contributed by atoms with Gasteiger partial charge in [0.15, 0.2) is 6.61 Å². The van der Waals surface area contributed by atoms with Crippen molar-refractivity contribution in [2.24, 2.45) is 5.73 Å². The summed E-state index contributed by atoms with van der Waals surface area (Å²) in [6.45, 7) is 1.36. The van der Waals surface area contributed by atoms with E-state index in [1.54, 1.807) is 6.92 Å². The monoisotopic (exact) mass is 239 g/mol. The molecule has 1 aromatic carbocycles. The summed E-state index contributed by atoms with van der Waals surface area (Å²) in [5.74, 6) is -1.09. The second-order valence-corrected chi connectivity index (χ2v) is 4.56. The molecule has 1 rings (SSSR count). The maximum absolute atomic E-state index is 11.4. The van der Waals surface area contributed by atoms with Gasteiger partial charge in [-0.2, -0.15) is 0 Å². The molecule has 0 aliphatic rings. The molecule has 0 saturated carbocycles. The number of hydrogen-bond acceptors (Lipinski definition) is 4. The highest BCUT2D eigenvalue weighted by molar-refractivity contribution is 8.00. The molecule has 16 heavy (non-hydrogen) atoms. The predicted octanol–water partition coefficient (Wildman–Crippen LogP) is 1.20. The molecule has 0 saturated heterocycles. The molecule has 1 aromatic rings. The Morgan fingerprint density at radius 2 is 2.00 bits per heavy atom. The van der Waals surface area contributed by atoms with Crippen molar-refractivity contribution in [2.75, 3.05) is 6.61 Å². The molecule has 0 fully saturated rings. The maximum Gasteiger partial charge on any atom is 0.319 e. The molecule has 0 radical (unpaired) electrons. The lowest BCUT2D eigenvalue weighted by atomic mass is 10.4. The number of nitrogens with two attached hydrogens (primary N) is 1. The maximum atomic E-state index is 11.4. The van der Waals surface area contributed by atoms with Crippen LogP contribution in [-0.4, -0.2) is 23.7 Å². The Balaban J connectivity index is 2.43. The highest BCUT2D eigenvalue weighted by atomic mass is 32.2. The van der Waals surface area contributed by atoms with Crippen molar-refractivity contribution < 1.29 is 14.3 Å².